The average Bonchev–Trinajstić information content (AvgIpc) is 2.00. The van der Waals surface area contributed by atoms with E-state index in [0.717, 1.165) is 0 Å². The summed E-state index contributed by atoms with van der Waals surface area (Å²) in [4.78, 5) is 42.8. The van der Waals surface area contributed by atoms with Crippen molar-refractivity contribution in [1.29, 1.82) is 0 Å². The van der Waals surface area contributed by atoms with Gasteiger partial charge in [-0.1, -0.05) is 66.8 Å². The molecule has 156 valence electrons. The normalized spacial score (nSPS) is 5.75. The van der Waals surface area contributed by atoms with E-state index in [2.05, 4.69) is 10.6 Å². The van der Waals surface area contributed by atoms with E-state index in [4.69, 9.17) is 0 Å². The summed E-state index contributed by atoms with van der Waals surface area (Å²) in [6.45, 7) is 2.53. The maximum Gasteiger partial charge on any atom is 0.228 e. The molecule has 0 aromatic carbocycles. The van der Waals surface area contributed by atoms with E-state index in [0.29, 0.717) is 0 Å². The minimum absolute atomic E-state index is 0. The van der Waals surface area contributed by atoms with Gasteiger partial charge in [0.25, 0.3) is 0 Å². The van der Waals surface area contributed by atoms with Gasteiger partial charge in [-0.3, -0.25) is 19.2 Å². The fourth-order valence-corrected chi connectivity index (χ4v) is 0.819. The molecule has 0 heterocycles. The van der Waals surface area contributed by atoms with Crippen LogP contribution in [0.2, 0.25) is 0 Å². The summed E-state index contributed by atoms with van der Waals surface area (Å²) in [7, 11) is 0. The fraction of sp³-hybridized carbons (Fsp3) is 0.778. The zero-order valence-electron chi connectivity index (χ0n) is 8.75. The molecule has 0 radical (unpaired) electrons. The molecule has 0 bridgehead atoms. The predicted octanol–water partition coefficient (Wildman–Crippen LogP) is 4.86. The summed E-state index contributed by atoms with van der Waals surface area (Å²) >= 11 is 0. The van der Waals surface area contributed by atoms with E-state index in [9.17, 15) is 19.2 Å². The van der Waals surface area contributed by atoms with Crippen LogP contribution in [-0.4, -0.2) is 30.0 Å². The zero-order valence-corrected chi connectivity index (χ0v) is 8.75. The van der Waals surface area contributed by atoms with Gasteiger partial charge in [0.15, 0.2) is 0 Å². The molecule has 0 aromatic rings. The first-order chi connectivity index (χ1) is 6.91. The van der Waals surface area contributed by atoms with Gasteiger partial charge in [-0.15, -0.1) is 0 Å². The Labute approximate surface area is 154 Å². The minimum atomic E-state index is -0.453. The molecule has 2 N–H and O–H groups in total. The van der Waals surface area contributed by atoms with Gasteiger partial charge in [0.2, 0.25) is 11.8 Å². The molecule has 0 aliphatic rings. The number of carbonyl (C=O) groups excluding carboxylic acids is 4. The van der Waals surface area contributed by atoms with Crippen molar-refractivity contribution in [3.8, 4) is 0 Å². The van der Waals surface area contributed by atoms with Crippen molar-refractivity contribution < 1.29 is 19.2 Å². The SMILES string of the molecule is C.C.C.C.C.C.C.C.C.CC(=O)CC(=O)NCNC(=O)CC(C)=O. The van der Waals surface area contributed by atoms with Crippen molar-refractivity contribution in [2.45, 2.75) is 93.5 Å². The van der Waals surface area contributed by atoms with Crippen LogP contribution >= 0.6 is 0 Å². The molecule has 24 heavy (non-hydrogen) atoms. The van der Waals surface area contributed by atoms with Crippen molar-refractivity contribution in [2.75, 3.05) is 6.67 Å². The van der Waals surface area contributed by atoms with E-state index in [1.165, 1.54) is 13.8 Å². The highest BCUT2D eigenvalue weighted by atomic mass is 16.2. The Bertz CT molecular complexity index is 263. The third-order valence-corrected chi connectivity index (χ3v) is 1.39. The summed E-state index contributed by atoms with van der Waals surface area (Å²) in [6, 6.07) is 0. The number of amides is 2. The zero-order chi connectivity index (χ0) is 11.8. The first-order valence-electron chi connectivity index (χ1n) is 4.44. The lowest BCUT2D eigenvalue weighted by molar-refractivity contribution is -0.127. The highest BCUT2D eigenvalue weighted by molar-refractivity contribution is 5.98. The molecule has 0 spiro atoms. The molecule has 0 aliphatic heterocycles. The number of carbonyl (C=O) groups is 4. The van der Waals surface area contributed by atoms with Crippen LogP contribution in [0.15, 0.2) is 0 Å². The van der Waals surface area contributed by atoms with Crippen LogP contribution in [0, 0.1) is 0 Å². The molecule has 0 aromatic heterocycles. The number of ketones is 2. The molecule has 6 heteroatoms. The Morgan fingerprint density at radius 3 is 0.917 bits per heavy atom. The Hall–Kier alpha value is -1.72. The Morgan fingerprint density at radius 1 is 0.542 bits per heavy atom. The largest absolute Gasteiger partial charge is 0.338 e. The van der Waals surface area contributed by atoms with Gasteiger partial charge in [0.05, 0.1) is 19.5 Å². The Balaban J connectivity index is -0.0000000272. The first kappa shape index (κ1) is 66.9. The summed E-state index contributed by atoms with van der Waals surface area (Å²) < 4.78 is 0. The number of hydrogen-bond acceptors (Lipinski definition) is 4. The molecule has 0 saturated heterocycles. The van der Waals surface area contributed by atoms with Crippen molar-refractivity contribution in [3.63, 3.8) is 0 Å². The van der Waals surface area contributed by atoms with Gasteiger partial charge in [0, 0.05) is 0 Å². The fourth-order valence-electron chi connectivity index (χ4n) is 0.819. The highest BCUT2D eigenvalue weighted by Gasteiger charge is 2.06. The summed E-state index contributed by atoms with van der Waals surface area (Å²) in [5, 5.41) is 4.63. The van der Waals surface area contributed by atoms with E-state index in [-0.39, 0.29) is 97.9 Å². The number of rotatable bonds is 6. The van der Waals surface area contributed by atoms with Gasteiger partial charge >= 0.3 is 0 Å². The second-order valence-corrected chi connectivity index (χ2v) is 3.13. The van der Waals surface area contributed by atoms with Gasteiger partial charge in [-0.2, -0.15) is 0 Å². The Morgan fingerprint density at radius 2 is 0.750 bits per heavy atom. The first-order valence-corrected chi connectivity index (χ1v) is 4.44. The maximum atomic E-state index is 10.9. The van der Waals surface area contributed by atoms with Gasteiger partial charge in [-0.25, -0.2) is 0 Å². The number of hydrogen-bond donors (Lipinski definition) is 2. The second kappa shape index (κ2) is 37.5. The summed E-state index contributed by atoms with van der Waals surface area (Å²) in [6.07, 6.45) is -0.412. The Kier molecular flexibility index (Phi) is 104. The monoisotopic (exact) mass is 358 g/mol. The molecule has 0 saturated carbocycles. The lowest BCUT2D eigenvalue weighted by Crippen LogP contribution is -2.38. The van der Waals surface area contributed by atoms with Crippen molar-refractivity contribution in [1.82, 2.24) is 10.6 Å². The van der Waals surface area contributed by atoms with Crippen LogP contribution in [0.4, 0.5) is 0 Å². The average molecular weight is 359 g/mol. The summed E-state index contributed by atoms with van der Waals surface area (Å²) in [5.74, 6) is -1.40. The van der Waals surface area contributed by atoms with Crippen LogP contribution in [-0.2, 0) is 19.2 Å². The highest BCUT2D eigenvalue weighted by Crippen LogP contribution is 1.82. The molecule has 0 atom stereocenters. The van der Waals surface area contributed by atoms with E-state index in [1.807, 2.05) is 0 Å². The summed E-state index contributed by atoms with van der Waals surface area (Å²) in [5.41, 5.74) is 0. The van der Waals surface area contributed by atoms with Crippen LogP contribution in [0.1, 0.15) is 93.5 Å². The number of Topliss-reactive ketones (excluding diaryl/α,β-unsaturated/α-hetero) is 2. The molecule has 6 nitrogen and oxygen atoms in total. The van der Waals surface area contributed by atoms with Crippen LogP contribution in [0.25, 0.3) is 0 Å². The smallest absolute Gasteiger partial charge is 0.228 e. The standard InChI is InChI=1S/C9H14N2O4.9CH4/c1-6(12)3-8(14)10-5-11-9(15)4-7(2)13;;;;;;;;;/h3-5H2,1-2H3,(H,10,14)(H,11,15);9*1H4. The molecule has 0 rings (SSSR count). The van der Waals surface area contributed by atoms with Crippen LogP contribution < -0.4 is 10.6 Å². The topological polar surface area (TPSA) is 92.3 Å². The molecular weight excluding hydrogens is 308 g/mol. The molecule has 0 unspecified atom stereocenters. The molecular formula is C18H50N2O4. The van der Waals surface area contributed by atoms with E-state index in [1.54, 1.807) is 0 Å². The second-order valence-electron chi connectivity index (χ2n) is 3.13. The lowest BCUT2D eigenvalue weighted by atomic mass is 10.3. The van der Waals surface area contributed by atoms with Gasteiger partial charge in [-0.05, 0) is 13.8 Å². The third kappa shape index (κ3) is 50.0. The van der Waals surface area contributed by atoms with Crippen molar-refractivity contribution >= 4 is 23.4 Å². The lowest BCUT2D eigenvalue weighted by Gasteiger charge is -2.05. The third-order valence-electron chi connectivity index (χ3n) is 1.39. The van der Waals surface area contributed by atoms with E-state index < -0.39 is 11.8 Å². The van der Waals surface area contributed by atoms with Gasteiger partial charge < -0.3 is 10.6 Å². The predicted molar refractivity (Wildman–Crippen MR) is 112 cm³/mol. The van der Waals surface area contributed by atoms with Crippen molar-refractivity contribution in [2.24, 2.45) is 0 Å². The van der Waals surface area contributed by atoms with Gasteiger partial charge in [0.1, 0.15) is 11.6 Å². The van der Waals surface area contributed by atoms with Crippen LogP contribution in [0.5, 0.6) is 0 Å². The molecule has 2 amide bonds. The molecule has 0 aliphatic carbocycles. The quantitative estimate of drug-likeness (QED) is 0.524. The minimum Gasteiger partial charge on any atom is -0.338 e. The molecule has 0 fully saturated rings. The van der Waals surface area contributed by atoms with E-state index >= 15 is 0 Å². The number of nitrogens with one attached hydrogen (secondary N) is 2. The van der Waals surface area contributed by atoms with Crippen molar-refractivity contribution in [3.05, 3.63) is 0 Å². The van der Waals surface area contributed by atoms with Crippen LogP contribution in [0.3, 0.4) is 0 Å². The maximum absolute atomic E-state index is 10.9.